The maximum absolute atomic E-state index is 11.3. The van der Waals surface area contributed by atoms with Crippen LogP contribution >= 0.6 is 0 Å². The fourth-order valence-corrected chi connectivity index (χ4v) is 3.89. The third-order valence-corrected chi connectivity index (χ3v) is 5.74. The molecule has 0 atom stereocenters. The molecule has 0 fully saturated rings. The second-order valence-corrected chi connectivity index (χ2v) is 7.79. The molecule has 4 rings (SSSR count). The highest BCUT2D eigenvalue weighted by atomic mass is 16.6. The zero-order valence-corrected chi connectivity index (χ0v) is 18.7. The molecule has 0 bridgehead atoms. The van der Waals surface area contributed by atoms with Crippen LogP contribution in [0.1, 0.15) is 30.5 Å². The van der Waals surface area contributed by atoms with E-state index >= 15 is 0 Å². The summed E-state index contributed by atoms with van der Waals surface area (Å²) in [4.78, 5) is 21.0. The van der Waals surface area contributed by atoms with Gasteiger partial charge in [-0.2, -0.15) is 0 Å². The lowest BCUT2D eigenvalue weighted by Crippen LogP contribution is -2.21. The van der Waals surface area contributed by atoms with E-state index in [2.05, 4.69) is 35.9 Å². The number of aromatic nitrogens is 1. The molecule has 33 heavy (non-hydrogen) atoms. The van der Waals surface area contributed by atoms with Gasteiger partial charge in [0.15, 0.2) is 5.88 Å². The fraction of sp³-hybridized carbons (Fsp3) is 0.192. The monoisotopic (exact) mass is 442 g/mol. The first kappa shape index (κ1) is 22.2. The molecule has 0 unspecified atom stereocenters. The van der Waals surface area contributed by atoms with Crippen molar-refractivity contribution >= 4 is 28.0 Å². The molecule has 0 spiro atoms. The number of nitro groups is 1. The van der Waals surface area contributed by atoms with Gasteiger partial charge in [0.05, 0.1) is 21.9 Å². The molecular formula is C26H26N4O3. The van der Waals surface area contributed by atoms with Gasteiger partial charge in [0.25, 0.3) is 5.69 Å². The van der Waals surface area contributed by atoms with Gasteiger partial charge in [-0.3, -0.25) is 15.0 Å². The van der Waals surface area contributed by atoms with Gasteiger partial charge in [0, 0.05) is 35.1 Å². The van der Waals surface area contributed by atoms with E-state index < -0.39 is 4.92 Å². The Labute approximate surface area is 192 Å². The molecule has 0 aliphatic carbocycles. The van der Waals surface area contributed by atoms with Crippen molar-refractivity contribution in [1.29, 1.82) is 0 Å². The molecular weight excluding hydrogens is 416 g/mol. The number of aromatic amines is 1. The number of nitrogens with one attached hydrogen (secondary N) is 1. The summed E-state index contributed by atoms with van der Waals surface area (Å²) in [6, 6.07) is 22.0. The zero-order chi connectivity index (χ0) is 23.4. The lowest BCUT2D eigenvalue weighted by Gasteiger charge is -2.17. The van der Waals surface area contributed by atoms with Crippen LogP contribution in [0.2, 0.25) is 0 Å². The van der Waals surface area contributed by atoms with E-state index in [1.54, 1.807) is 6.07 Å². The predicted molar refractivity (Wildman–Crippen MR) is 131 cm³/mol. The Morgan fingerprint density at radius 1 is 1.03 bits per heavy atom. The van der Waals surface area contributed by atoms with E-state index in [-0.39, 0.29) is 11.6 Å². The Bertz CT molecular complexity index is 1290. The molecule has 3 aromatic carbocycles. The standard InChI is InChI=1S/C26H26N4O3/c1-3-29(4-2)17-18-10-12-20(13-11-18)27-25(19-8-6-5-7-9-19)24-22-16-21(30(32)33)14-15-23(22)28-26(24)31/h5-16,28,31H,3-4,17H2,1-2H3. The minimum Gasteiger partial charge on any atom is -0.494 e. The maximum atomic E-state index is 11.3. The molecule has 2 N–H and O–H groups in total. The Hall–Kier alpha value is -3.97. The van der Waals surface area contributed by atoms with Crippen molar-refractivity contribution in [3.05, 3.63) is 99.6 Å². The summed E-state index contributed by atoms with van der Waals surface area (Å²) in [6.07, 6.45) is 0. The van der Waals surface area contributed by atoms with Gasteiger partial charge in [0.1, 0.15) is 0 Å². The molecule has 0 aliphatic heterocycles. The molecule has 0 radical (unpaired) electrons. The second kappa shape index (κ2) is 9.67. The van der Waals surface area contributed by atoms with Crippen LogP contribution < -0.4 is 0 Å². The van der Waals surface area contributed by atoms with Crippen LogP contribution in [0.15, 0.2) is 77.8 Å². The molecule has 7 heteroatoms. The number of hydrogen-bond acceptors (Lipinski definition) is 5. The summed E-state index contributed by atoms with van der Waals surface area (Å²) in [7, 11) is 0. The molecule has 168 valence electrons. The van der Waals surface area contributed by atoms with E-state index in [1.165, 1.54) is 17.7 Å². The number of aliphatic imine (C=N–C) groups is 1. The second-order valence-electron chi connectivity index (χ2n) is 7.79. The molecule has 0 aliphatic rings. The topological polar surface area (TPSA) is 94.8 Å². The van der Waals surface area contributed by atoms with Crippen LogP contribution in [-0.2, 0) is 6.54 Å². The molecule has 4 aromatic rings. The van der Waals surface area contributed by atoms with Crippen molar-refractivity contribution in [2.75, 3.05) is 13.1 Å². The number of H-pyrrole nitrogens is 1. The summed E-state index contributed by atoms with van der Waals surface area (Å²) in [5.74, 6) is -0.0775. The van der Waals surface area contributed by atoms with Crippen LogP contribution in [0.25, 0.3) is 10.9 Å². The van der Waals surface area contributed by atoms with Crippen molar-refractivity contribution in [2.45, 2.75) is 20.4 Å². The molecule has 0 saturated heterocycles. The highest BCUT2D eigenvalue weighted by Crippen LogP contribution is 2.33. The third kappa shape index (κ3) is 4.78. The molecule has 0 saturated carbocycles. The number of benzene rings is 3. The summed E-state index contributed by atoms with van der Waals surface area (Å²) in [6.45, 7) is 7.13. The number of non-ortho nitro benzene ring substituents is 1. The number of aromatic hydroxyl groups is 1. The highest BCUT2D eigenvalue weighted by molar-refractivity contribution is 6.22. The van der Waals surface area contributed by atoms with E-state index in [9.17, 15) is 15.2 Å². The van der Waals surface area contributed by atoms with Crippen LogP contribution in [0.4, 0.5) is 11.4 Å². The lowest BCUT2D eigenvalue weighted by molar-refractivity contribution is -0.384. The van der Waals surface area contributed by atoms with Crippen LogP contribution in [-0.4, -0.2) is 38.7 Å². The smallest absolute Gasteiger partial charge is 0.270 e. The summed E-state index contributed by atoms with van der Waals surface area (Å²) in [5.41, 5.74) is 4.26. The van der Waals surface area contributed by atoms with E-state index in [0.29, 0.717) is 22.2 Å². The first-order valence-electron chi connectivity index (χ1n) is 10.9. The maximum Gasteiger partial charge on any atom is 0.270 e. The number of hydrogen-bond donors (Lipinski definition) is 2. The number of fused-ring (bicyclic) bond motifs is 1. The minimum atomic E-state index is -0.443. The van der Waals surface area contributed by atoms with Gasteiger partial charge in [-0.1, -0.05) is 56.3 Å². The van der Waals surface area contributed by atoms with Gasteiger partial charge >= 0.3 is 0 Å². The van der Waals surface area contributed by atoms with Crippen molar-refractivity contribution in [1.82, 2.24) is 9.88 Å². The van der Waals surface area contributed by atoms with Gasteiger partial charge in [-0.15, -0.1) is 0 Å². The van der Waals surface area contributed by atoms with Gasteiger partial charge in [-0.05, 0) is 36.9 Å². The molecule has 1 aromatic heterocycles. The van der Waals surface area contributed by atoms with Crippen LogP contribution in [0.5, 0.6) is 5.88 Å². The Morgan fingerprint density at radius 3 is 2.36 bits per heavy atom. The zero-order valence-electron chi connectivity index (χ0n) is 18.7. The van der Waals surface area contributed by atoms with Crippen molar-refractivity contribution in [2.24, 2.45) is 4.99 Å². The number of rotatable bonds is 8. The largest absolute Gasteiger partial charge is 0.494 e. The van der Waals surface area contributed by atoms with Crippen molar-refractivity contribution in [3.8, 4) is 5.88 Å². The Balaban J connectivity index is 1.82. The first-order chi connectivity index (χ1) is 16.0. The Morgan fingerprint density at radius 2 is 1.73 bits per heavy atom. The molecule has 7 nitrogen and oxygen atoms in total. The predicted octanol–water partition coefficient (Wildman–Crippen LogP) is 5.79. The summed E-state index contributed by atoms with van der Waals surface area (Å²) < 4.78 is 0. The fourth-order valence-electron chi connectivity index (χ4n) is 3.89. The lowest BCUT2D eigenvalue weighted by atomic mass is 10.0. The van der Waals surface area contributed by atoms with E-state index in [0.717, 1.165) is 30.9 Å². The average molecular weight is 443 g/mol. The van der Waals surface area contributed by atoms with Gasteiger partial charge in [0.2, 0.25) is 0 Å². The van der Waals surface area contributed by atoms with Crippen LogP contribution in [0, 0.1) is 10.1 Å². The summed E-state index contributed by atoms with van der Waals surface area (Å²) in [5, 5.41) is 22.6. The summed E-state index contributed by atoms with van der Waals surface area (Å²) >= 11 is 0. The van der Waals surface area contributed by atoms with Gasteiger partial charge in [-0.25, -0.2) is 4.99 Å². The average Bonchev–Trinajstić information content (AvgIpc) is 3.17. The Kier molecular flexibility index (Phi) is 6.51. The minimum absolute atomic E-state index is 0.0454. The number of nitro benzene ring substituents is 1. The normalized spacial score (nSPS) is 11.9. The molecule has 0 amide bonds. The quantitative estimate of drug-likeness (QED) is 0.205. The third-order valence-electron chi connectivity index (χ3n) is 5.74. The SMILES string of the molecule is CCN(CC)Cc1ccc(N=C(c2ccccc2)c2c(O)[nH]c3ccc([N+](=O)[O-])cc23)cc1. The molecule has 1 heterocycles. The van der Waals surface area contributed by atoms with Crippen molar-refractivity contribution in [3.63, 3.8) is 0 Å². The highest BCUT2D eigenvalue weighted by Gasteiger charge is 2.20. The van der Waals surface area contributed by atoms with E-state index in [1.807, 2.05) is 42.5 Å². The van der Waals surface area contributed by atoms with E-state index in [4.69, 9.17) is 4.99 Å². The first-order valence-corrected chi connectivity index (χ1v) is 10.9. The van der Waals surface area contributed by atoms with Gasteiger partial charge < -0.3 is 10.1 Å². The number of nitrogens with zero attached hydrogens (tertiary/aromatic N) is 3. The van der Waals surface area contributed by atoms with Crippen molar-refractivity contribution < 1.29 is 10.0 Å². The van der Waals surface area contributed by atoms with Crippen LogP contribution in [0.3, 0.4) is 0 Å².